The van der Waals surface area contributed by atoms with Gasteiger partial charge in [0.05, 0.1) is 0 Å². The lowest BCUT2D eigenvalue weighted by Crippen LogP contribution is -2.13. The summed E-state index contributed by atoms with van der Waals surface area (Å²) in [4.78, 5) is 4.10. The maximum atomic E-state index is 4.10. The van der Waals surface area contributed by atoms with Crippen molar-refractivity contribution in [2.75, 3.05) is 5.12 Å². The quantitative estimate of drug-likeness (QED) is 0.620. The molecule has 60 valence electrons. The van der Waals surface area contributed by atoms with Gasteiger partial charge in [0, 0.05) is 25.0 Å². The number of rotatable bonds is 1. The number of hydrogen-bond donors (Lipinski definition) is 0. The van der Waals surface area contributed by atoms with Crippen molar-refractivity contribution in [2.45, 2.75) is 6.42 Å². The van der Waals surface area contributed by atoms with Gasteiger partial charge < -0.3 is 0 Å². The minimum Gasteiger partial charge on any atom is -0.236 e. The van der Waals surface area contributed by atoms with Crippen molar-refractivity contribution in [3.8, 4) is 0 Å². The standard InChI is InChI=1S/C8H8N4/c1-2-5-9-8(4-1)12-10-6-3-7-11-12/h1-2,4-7H,3H2. The van der Waals surface area contributed by atoms with Crippen LogP contribution < -0.4 is 5.12 Å². The minimum atomic E-state index is 0.740. The Bertz CT molecular complexity index is 292. The summed E-state index contributed by atoms with van der Waals surface area (Å²) >= 11 is 0. The van der Waals surface area contributed by atoms with E-state index < -0.39 is 0 Å². The van der Waals surface area contributed by atoms with Gasteiger partial charge in [0.15, 0.2) is 5.82 Å². The second kappa shape index (κ2) is 3.13. The Labute approximate surface area is 70.2 Å². The second-order valence-electron chi connectivity index (χ2n) is 2.31. The van der Waals surface area contributed by atoms with Crippen LogP contribution in [0.1, 0.15) is 6.42 Å². The average molecular weight is 160 g/mol. The van der Waals surface area contributed by atoms with Crippen LogP contribution in [0.3, 0.4) is 0 Å². The van der Waals surface area contributed by atoms with E-state index in [9.17, 15) is 0 Å². The molecule has 12 heavy (non-hydrogen) atoms. The Balaban J connectivity index is 2.25. The third kappa shape index (κ3) is 1.32. The van der Waals surface area contributed by atoms with Gasteiger partial charge in [-0.05, 0) is 12.1 Å². The van der Waals surface area contributed by atoms with Crippen LogP contribution in [0.25, 0.3) is 0 Å². The molecular formula is C8H8N4. The zero-order valence-corrected chi connectivity index (χ0v) is 6.46. The average Bonchev–Trinajstić information content (AvgIpc) is 2.21. The SMILES string of the molecule is C1=NN(c2ccccn2)N=CC1. The Hall–Kier alpha value is -1.71. The first-order valence-electron chi connectivity index (χ1n) is 3.73. The molecule has 0 bridgehead atoms. The van der Waals surface area contributed by atoms with E-state index >= 15 is 0 Å². The van der Waals surface area contributed by atoms with E-state index in [0.717, 1.165) is 12.2 Å². The predicted octanol–water partition coefficient (Wildman–Crippen LogP) is 1.26. The lowest BCUT2D eigenvalue weighted by molar-refractivity contribution is 0.893. The molecule has 0 unspecified atom stereocenters. The molecule has 2 rings (SSSR count). The highest BCUT2D eigenvalue weighted by molar-refractivity contribution is 5.82. The predicted molar refractivity (Wildman–Crippen MR) is 48.3 cm³/mol. The second-order valence-corrected chi connectivity index (χ2v) is 2.31. The topological polar surface area (TPSA) is 40.9 Å². The summed E-state index contributed by atoms with van der Waals surface area (Å²) in [6.07, 6.45) is 6.10. The molecule has 0 N–H and O–H groups in total. The molecule has 2 heterocycles. The molecule has 0 fully saturated rings. The first kappa shape index (κ1) is 6.97. The molecule has 0 spiro atoms. The maximum Gasteiger partial charge on any atom is 0.174 e. The lowest BCUT2D eigenvalue weighted by atomic mass is 10.4. The van der Waals surface area contributed by atoms with Crippen LogP contribution >= 0.6 is 0 Å². The number of aromatic nitrogens is 1. The molecule has 0 amide bonds. The Kier molecular flexibility index (Phi) is 1.82. The van der Waals surface area contributed by atoms with E-state index in [4.69, 9.17) is 0 Å². The molecule has 1 aromatic heterocycles. The summed E-state index contributed by atoms with van der Waals surface area (Å²) in [7, 11) is 0. The number of anilines is 1. The van der Waals surface area contributed by atoms with Crippen LogP contribution in [0.15, 0.2) is 34.6 Å². The molecule has 0 radical (unpaired) electrons. The maximum absolute atomic E-state index is 4.10. The van der Waals surface area contributed by atoms with Gasteiger partial charge >= 0.3 is 0 Å². The van der Waals surface area contributed by atoms with Gasteiger partial charge in [-0.2, -0.15) is 10.2 Å². The van der Waals surface area contributed by atoms with Crippen LogP contribution in [-0.2, 0) is 0 Å². The number of nitrogens with zero attached hydrogens (tertiary/aromatic N) is 4. The van der Waals surface area contributed by atoms with Gasteiger partial charge in [0.1, 0.15) is 0 Å². The molecule has 0 aromatic carbocycles. The van der Waals surface area contributed by atoms with Crippen LogP contribution in [0.5, 0.6) is 0 Å². The van der Waals surface area contributed by atoms with Crippen LogP contribution in [-0.4, -0.2) is 17.4 Å². The molecule has 0 atom stereocenters. The van der Waals surface area contributed by atoms with Crippen molar-refractivity contribution < 1.29 is 0 Å². The molecule has 0 saturated heterocycles. The van der Waals surface area contributed by atoms with Crippen LogP contribution in [0, 0.1) is 0 Å². The largest absolute Gasteiger partial charge is 0.236 e. The molecule has 1 aliphatic heterocycles. The summed E-state index contributed by atoms with van der Waals surface area (Å²) in [5.74, 6) is 0.740. The summed E-state index contributed by atoms with van der Waals surface area (Å²) in [6.45, 7) is 0. The van der Waals surface area contributed by atoms with Crippen molar-refractivity contribution in [1.29, 1.82) is 0 Å². The highest BCUT2D eigenvalue weighted by Crippen LogP contribution is 2.10. The van der Waals surface area contributed by atoms with Gasteiger partial charge in [0.25, 0.3) is 0 Å². The number of hydrogen-bond acceptors (Lipinski definition) is 4. The fraction of sp³-hybridized carbons (Fsp3) is 0.125. The molecule has 4 nitrogen and oxygen atoms in total. The normalized spacial score (nSPS) is 15.2. The monoisotopic (exact) mass is 160 g/mol. The van der Waals surface area contributed by atoms with E-state index in [1.165, 1.54) is 5.12 Å². The molecule has 1 aliphatic rings. The zero-order valence-electron chi connectivity index (χ0n) is 6.46. The van der Waals surface area contributed by atoms with E-state index in [-0.39, 0.29) is 0 Å². The number of pyridine rings is 1. The van der Waals surface area contributed by atoms with E-state index in [1.807, 2.05) is 18.2 Å². The fourth-order valence-electron chi connectivity index (χ4n) is 0.916. The molecule has 0 aliphatic carbocycles. The summed E-state index contributed by atoms with van der Waals surface area (Å²) in [6, 6.07) is 5.63. The van der Waals surface area contributed by atoms with Gasteiger partial charge in [-0.25, -0.2) is 4.98 Å². The van der Waals surface area contributed by atoms with Crippen molar-refractivity contribution in [3.05, 3.63) is 24.4 Å². The highest BCUT2D eigenvalue weighted by atomic mass is 15.7. The highest BCUT2D eigenvalue weighted by Gasteiger charge is 2.03. The van der Waals surface area contributed by atoms with Crippen LogP contribution in [0.2, 0.25) is 0 Å². The minimum absolute atomic E-state index is 0.740. The van der Waals surface area contributed by atoms with Gasteiger partial charge in [0.2, 0.25) is 0 Å². The fourth-order valence-corrected chi connectivity index (χ4v) is 0.916. The Morgan fingerprint density at radius 1 is 1.17 bits per heavy atom. The van der Waals surface area contributed by atoms with Crippen molar-refractivity contribution in [2.24, 2.45) is 10.2 Å². The molecule has 0 saturated carbocycles. The first-order chi connectivity index (χ1) is 5.97. The van der Waals surface area contributed by atoms with Gasteiger partial charge in [-0.1, -0.05) is 6.07 Å². The zero-order chi connectivity index (χ0) is 8.23. The summed E-state index contributed by atoms with van der Waals surface area (Å²) in [5, 5.41) is 9.60. The lowest BCUT2D eigenvalue weighted by Gasteiger charge is -2.12. The van der Waals surface area contributed by atoms with Crippen LogP contribution in [0.4, 0.5) is 5.82 Å². The molecule has 1 aromatic rings. The molecule has 4 heteroatoms. The summed E-state index contributed by atoms with van der Waals surface area (Å²) in [5.41, 5.74) is 0. The third-order valence-corrected chi connectivity index (χ3v) is 1.45. The van der Waals surface area contributed by atoms with E-state index in [1.54, 1.807) is 18.6 Å². The Morgan fingerprint density at radius 2 is 2.00 bits per heavy atom. The number of hydrazone groups is 2. The van der Waals surface area contributed by atoms with E-state index in [2.05, 4.69) is 15.2 Å². The van der Waals surface area contributed by atoms with Gasteiger partial charge in [-0.15, -0.1) is 5.12 Å². The summed E-state index contributed by atoms with van der Waals surface area (Å²) < 4.78 is 0. The van der Waals surface area contributed by atoms with E-state index in [0.29, 0.717) is 0 Å². The third-order valence-electron chi connectivity index (χ3n) is 1.45. The van der Waals surface area contributed by atoms with Crippen molar-refractivity contribution in [3.63, 3.8) is 0 Å². The first-order valence-corrected chi connectivity index (χ1v) is 3.73. The smallest absolute Gasteiger partial charge is 0.174 e. The van der Waals surface area contributed by atoms with Crippen molar-refractivity contribution in [1.82, 2.24) is 4.98 Å². The molecular weight excluding hydrogens is 152 g/mol. The van der Waals surface area contributed by atoms with Gasteiger partial charge in [-0.3, -0.25) is 0 Å². The Morgan fingerprint density at radius 3 is 2.67 bits per heavy atom. The van der Waals surface area contributed by atoms with Crippen molar-refractivity contribution >= 4 is 18.2 Å².